The highest BCUT2D eigenvalue weighted by atomic mass is 32.2. The molecular formula is C13H15F2N3O2S. The second kappa shape index (κ2) is 4.87. The number of nitrogens with zero attached hydrogens (tertiary/aromatic N) is 1. The van der Waals surface area contributed by atoms with Gasteiger partial charge in [-0.2, -0.15) is 8.78 Å². The maximum atomic E-state index is 13.0. The monoisotopic (exact) mass is 315 g/mol. The highest BCUT2D eigenvalue weighted by molar-refractivity contribution is 8.00. The fraction of sp³-hybridized carbons (Fsp3) is 0.385. The number of carbonyl (C=O) groups is 2. The van der Waals surface area contributed by atoms with Gasteiger partial charge in [0.15, 0.2) is 0 Å². The minimum atomic E-state index is -2.96. The van der Waals surface area contributed by atoms with Gasteiger partial charge in [-0.05, 0) is 32.0 Å². The van der Waals surface area contributed by atoms with E-state index >= 15 is 0 Å². The van der Waals surface area contributed by atoms with Crippen molar-refractivity contribution >= 4 is 35.1 Å². The molecule has 114 valence electrons. The zero-order valence-electron chi connectivity index (χ0n) is 11.7. The molecule has 1 aromatic carbocycles. The number of nitrogens with one attached hydrogen (secondary N) is 1. The molecule has 1 aliphatic rings. The van der Waals surface area contributed by atoms with Crippen molar-refractivity contribution in [1.29, 1.82) is 0 Å². The van der Waals surface area contributed by atoms with Crippen LogP contribution in [0.5, 0.6) is 0 Å². The van der Waals surface area contributed by atoms with Gasteiger partial charge in [0, 0.05) is 17.5 Å². The number of urea groups is 1. The van der Waals surface area contributed by atoms with Gasteiger partial charge in [-0.3, -0.25) is 4.79 Å². The normalized spacial score (nSPS) is 18.0. The number of halogens is 2. The molecule has 0 bridgehead atoms. The highest BCUT2D eigenvalue weighted by Gasteiger charge is 2.45. The minimum Gasteiger partial charge on any atom is -0.398 e. The summed E-state index contributed by atoms with van der Waals surface area (Å²) in [7, 11) is 0. The van der Waals surface area contributed by atoms with Crippen molar-refractivity contribution in [3.8, 4) is 0 Å². The number of rotatable bonds is 3. The predicted molar refractivity (Wildman–Crippen MR) is 77.4 cm³/mol. The number of nitrogen functional groups attached to an aromatic ring is 1. The summed E-state index contributed by atoms with van der Waals surface area (Å²) in [5, 5.41) is -0.425. The van der Waals surface area contributed by atoms with Crippen molar-refractivity contribution in [3.05, 3.63) is 18.2 Å². The summed E-state index contributed by atoms with van der Waals surface area (Å²) < 4.78 is 26.0. The van der Waals surface area contributed by atoms with Crippen LogP contribution < -0.4 is 16.0 Å². The predicted octanol–water partition coefficient (Wildman–Crippen LogP) is 2.81. The SMILES string of the molecule is CC(F)(F)Sc1ccc(N2C(=O)NC(C)(C)C2=O)cc1N. The van der Waals surface area contributed by atoms with Crippen LogP contribution in [0.2, 0.25) is 0 Å². The van der Waals surface area contributed by atoms with Gasteiger partial charge in [0.05, 0.1) is 5.69 Å². The van der Waals surface area contributed by atoms with Crippen molar-refractivity contribution in [2.75, 3.05) is 10.6 Å². The first-order chi connectivity index (χ1) is 9.51. The third-order valence-corrected chi connectivity index (χ3v) is 3.85. The van der Waals surface area contributed by atoms with Crippen molar-refractivity contribution in [2.45, 2.75) is 36.5 Å². The first-order valence-electron chi connectivity index (χ1n) is 6.14. The van der Waals surface area contributed by atoms with Crippen molar-refractivity contribution in [1.82, 2.24) is 5.32 Å². The van der Waals surface area contributed by atoms with Gasteiger partial charge in [-0.15, -0.1) is 0 Å². The molecule has 2 rings (SSSR count). The summed E-state index contributed by atoms with van der Waals surface area (Å²) >= 11 is 0.318. The molecule has 3 amide bonds. The summed E-state index contributed by atoms with van der Waals surface area (Å²) in [5.41, 5.74) is 5.07. The van der Waals surface area contributed by atoms with Crippen LogP contribution >= 0.6 is 11.8 Å². The third kappa shape index (κ3) is 3.10. The van der Waals surface area contributed by atoms with E-state index < -0.39 is 22.7 Å². The fourth-order valence-electron chi connectivity index (χ4n) is 1.94. The maximum Gasteiger partial charge on any atom is 0.329 e. The van der Waals surface area contributed by atoms with Crippen LogP contribution in [-0.2, 0) is 4.79 Å². The second-order valence-corrected chi connectivity index (χ2v) is 6.69. The molecular weight excluding hydrogens is 300 g/mol. The number of alkyl halides is 2. The molecule has 0 aromatic heterocycles. The second-order valence-electron chi connectivity index (χ2n) is 5.33. The number of hydrogen-bond acceptors (Lipinski definition) is 4. The molecule has 1 aliphatic heterocycles. The van der Waals surface area contributed by atoms with Crippen LogP contribution in [-0.4, -0.2) is 22.7 Å². The van der Waals surface area contributed by atoms with Gasteiger partial charge >= 0.3 is 6.03 Å². The Hall–Kier alpha value is -1.83. The minimum absolute atomic E-state index is 0.0873. The molecule has 3 N–H and O–H groups in total. The zero-order chi connectivity index (χ0) is 16.0. The molecule has 0 unspecified atom stereocenters. The Kier molecular flexibility index (Phi) is 3.61. The van der Waals surface area contributed by atoms with Crippen LogP contribution in [0.25, 0.3) is 0 Å². The number of amides is 3. The molecule has 0 saturated carbocycles. The van der Waals surface area contributed by atoms with Gasteiger partial charge in [-0.25, -0.2) is 9.69 Å². The number of anilines is 2. The fourth-order valence-corrected chi connectivity index (χ4v) is 2.64. The zero-order valence-corrected chi connectivity index (χ0v) is 12.6. The van der Waals surface area contributed by atoms with Crippen LogP contribution in [0, 0.1) is 0 Å². The van der Waals surface area contributed by atoms with E-state index in [-0.39, 0.29) is 16.3 Å². The van der Waals surface area contributed by atoms with Crippen molar-refractivity contribution in [2.24, 2.45) is 0 Å². The quantitative estimate of drug-likeness (QED) is 0.511. The van der Waals surface area contributed by atoms with Crippen molar-refractivity contribution < 1.29 is 18.4 Å². The Balaban J connectivity index is 2.33. The molecule has 5 nitrogen and oxygen atoms in total. The van der Waals surface area contributed by atoms with Crippen LogP contribution in [0.15, 0.2) is 23.1 Å². The van der Waals surface area contributed by atoms with Crippen molar-refractivity contribution in [3.63, 3.8) is 0 Å². The number of hydrogen-bond donors (Lipinski definition) is 2. The number of benzene rings is 1. The Morgan fingerprint density at radius 2 is 1.95 bits per heavy atom. The lowest BCUT2D eigenvalue weighted by molar-refractivity contribution is -0.121. The summed E-state index contributed by atoms with van der Waals surface area (Å²) in [6, 6.07) is 3.57. The molecule has 0 radical (unpaired) electrons. The summed E-state index contributed by atoms with van der Waals surface area (Å²) in [5.74, 6) is -0.423. The number of imide groups is 1. The Labute approximate surface area is 124 Å². The van der Waals surface area contributed by atoms with E-state index in [1.165, 1.54) is 18.2 Å². The lowest BCUT2D eigenvalue weighted by atomic mass is 10.1. The standard InChI is InChI=1S/C13H15F2N3O2S/c1-12(2)10(19)18(11(20)17-12)7-4-5-9(8(16)6-7)21-13(3,14)15/h4-6H,16H2,1-3H3,(H,17,20). The summed E-state index contributed by atoms with van der Waals surface area (Å²) in [6.45, 7) is 3.93. The average Bonchev–Trinajstić information content (AvgIpc) is 2.50. The average molecular weight is 315 g/mol. The van der Waals surface area contributed by atoms with Crippen LogP contribution in [0.1, 0.15) is 20.8 Å². The molecule has 1 fully saturated rings. The van der Waals surface area contributed by atoms with Crippen LogP contribution in [0.3, 0.4) is 0 Å². The smallest absolute Gasteiger partial charge is 0.329 e. The lowest BCUT2D eigenvalue weighted by Crippen LogP contribution is -2.40. The van der Waals surface area contributed by atoms with E-state index in [2.05, 4.69) is 5.32 Å². The Bertz CT molecular complexity index is 614. The number of nitrogens with two attached hydrogens (primary N) is 1. The molecule has 0 spiro atoms. The third-order valence-electron chi connectivity index (χ3n) is 2.90. The Morgan fingerprint density at radius 3 is 2.38 bits per heavy atom. The van der Waals surface area contributed by atoms with Gasteiger partial charge in [0.1, 0.15) is 5.54 Å². The highest BCUT2D eigenvalue weighted by Crippen LogP contribution is 2.39. The molecule has 1 heterocycles. The van der Waals surface area contributed by atoms with E-state index in [4.69, 9.17) is 5.73 Å². The lowest BCUT2D eigenvalue weighted by Gasteiger charge is -2.18. The molecule has 0 aliphatic carbocycles. The Morgan fingerprint density at radius 1 is 1.33 bits per heavy atom. The van der Waals surface area contributed by atoms with Gasteiger partial charge < -0.3 is 11.1 Å². The molecule has 8 heteroatoms. The van der Waals surface area contributed by atoms with Gasteiger partial charge in [0.25, 0.3) is 11.2 Å². The van der Waals surface area contributed by atoms with E-state index in [9.17, 15) is 18.4 Å². The molecule has 0 atom stereocenters. The van der Waals surface area contributed by atoms with Gasteiger partial charge in [0.2, 0.25) is 0 Å². The van der Waals surface area contributed by atoms with E-state index in [0.717, 1.165) is 11.8 Å². The number of thioether (sulfide) groups is 1. The molecule has 1 aromatic rings. The maximum absolute atomic E-state index is 13.0. The van der Waals surface area contributed by atoms with Gasteiger partial charge in [-0.1, -0.05) is 11.8 Å². The topological polar surface area (TPSA) is 75.4 Å². The largest absolute Gasteiger partial charge is 0.398 e. The molecule has 1 saturated heterocycles. The molecule has 21 heavy (non-hydrogen) atoms. The van der Waals surface area contributed by atoms with E-state index in [1.807, 2.05) is 0 Å². The first-order valence-corrected chi connectivity index (χ1v) is 6.96. The number of carbonyl (C=O) groups excluding carboxylic acids is 2. The van der Waals surface area contributed by atoms with E-state index in [0.29, 0.717) is 11.8 Å². The summed E-state index contributed by atoms with van der Waals surface area (Å²) in [6.07, 6.45) is 0. The van der Waals surface area contributed by atoms with Crippen LogP contribution in [0.4, 0.5) is 25.0 Å². The first kappa shape index (κ1) is 15.6. The van der Waals surface area contributed by atoms with E-state index in [1.54, 1.807) is 13.8 Å². The summed E-state index contributed by atoms with van der Waals surface area (Å²) in [4.78, 5) is 25.1.